The summed E-state index contributed by atoms with van der Waals surface area (Å²) in [4.78, 5) is 29.8. The highest BCUT2D eigenvalue weighted by Crippen LogP contribution is 2.37. The van der Waals surface area contributed by atoms with Gasteiger partial charge in [-0.2, -0.15) is 0 Å². The van der Waals surface area contributed by atoms with Crippen LogP contribution in [0.5, 0.6) is 5.75 Å². The van der Waals surface area contributed by atoms with Crippen LogP contribution in [0.2, 0.25) is 0 Å². The molecular weight excluding hydrogens is 344 g/mol. The molecule has 27 heavy (non-hydrogen) atoms. The third-order valence-electron chi connectivity index (χ3n) is 6.04. The normalized spacial score (nSPS) is 25.7. The monoisotopic (exact) mass is 372 g/mol. The molecule has 6 nitrogen and oxygen atoms in total. The van der Waals surface area contributed by atoms with Crippen molar-refractivity contribution in [1.82, 2.24) is 9.80 Å². The summed E-state index contributed by atoms with van der Waals surface area (Å²) in [6.45, 7) is 3.10. The molecule has 1 saturated carbocycles. The van der Waals surface area contributed by atoms with Crippen LogP contribution < -0.4 is 4.74 Å². The zero-order chi connectivity index (χ0) is 18.9. The van der Waals surface area contributed by atoms with E-state index in [1.54, 1.807) is 7.11 Å². The van der Waals surface area contributed by atoms with Gasteiger partial charge in [-0.3, -0.25) is 9.59 Å². The Kier molecular flexibility index (Phi) is 5.08. The quantitative estimate of drug-likeness (QED) is 0.792. The molecule has 1 unspecified atom stereocenters. The maximum absolute atomic E-state index is 13.0. The van der Waals surface area contributed by atoms with Crippen molar-refractivity contribution in [3.8, 4) is 5.75 Å². The van der Waals surface area contributed by atoms with Crippen LogP contribution in [-0.4, -0.2) is 67.1 Å². The summed E-state index contributed by atoms with van der Waals surface area (Å²) in [7, 11) is 1.63. The number of benzene rings is 1. The van der Waals surface area contributed by atoms with E-state index in [0.717, 1.165) is 24.3 Å². The number of hydrogen-bond acceptors (Lipinski definition) is 4. The van der Waals surface area contributed by atoms with Crippen molar-refractivity contribution in [1.29, 1.82) is 0 Å². The van der Waals surface area contributed by atoms with Gasteiger partial charge in [0.15, 0.2) is 0 Å². The van der Waals surface area contributed by atoms with Gasteiger partial charge in [0.1, 0.15) is 5.75 Å². The summed E-state index contributed by atoms with van der Waals surface area (Å²) in [5.74, 6) is 1.66. The largest absolute Gasteiger partial charge is 0.497 e. The van der Waals surface area contributed by atoms with Crippen LogP contribution in [-0.2, 0) is 20.7 Å². The maximum atomic E-state index is 13.0. The summed E-state index contributed by atoms with van der Waals surface area (Å²) in [6.07, 6.45) is 3.99. The molecular formula is C21H28N2O4. The van der Waals surface area contributed by atoms with Gasteiger partial charge in [-0.05, 0) is 42.9 Å². The molecule has 1 aromatic rings. The fraction of sp³-hybridized carbons (Fsp3) is 0.619. The smallest absolute Gasteiger partial charge is 0.227 e. The van der Waals surface area contributed by atoms with Crippen molar-refractivity contribution in [3.63, 3.8) is 0 Å². The lowest BCUT2D eigenvalue weighted by Gasteiger charge is -2.40. The molecule has 0 aromatic heterocycles. The zero-order valence-corrected chi connectivity index (χ0v) is 16.0. The molecule has 1 aliphatic carbocycles. The van der Waals surface area contributed by atoms with Gasteiger partial charge in [-0.25, -0.2) is 0 Å². The van der Waals surface area contributed by atoms with Gasteiger partial charge < -0.3 is 19.3 Å². The molecule has 6 heteroatoms. The standard InChI is InChI=1S/C21H28N2O4/c1-26-18-6-4-16(5-7-18)12-20(25)22-10-8-19(24)23(13-17-2-3-17)21(14-22)9-11-27-15-21/h4-7,17H,2-3,8-15H2,1H3. The zero-order valence-electron chi connectivity index (χ0n) is 16.0. The molecule has 1 aromatic carbocycles. The van der Waals surface area contributed by atoms with E-state index in [2.05, 4.69) is 4.90 Å². The average molecular weight is 372 g/mol. The number of nitrogens with zero attached hydrogens (tertiary/aromatic N) is 2. The third-order valence-corrected chi connectivity index (χ3v) is 6.04. The lowest BCUT2D eigenvalue weighted by Crippen LogP contribution is -2.57. The lowest BCUT2D eigenvalue weighted by molar-refractivity contribution is -0.138. The van der Waals surface area contributed by atoms with Crippen LogP contribution >= 0.6 is 0 Å². The second-order valence-electron chi connectivity index (χ2n) is 8.06. The minimum Gasteiger partial charge on any atom is -0.497 e. The minimum absolute atomic E-state index is 0.0764. The van der Waals surface area contributed by atoms with Crippen LogP contribution in [0.4, 0.5) is 0 Å². The summed E-state index contributed by atoms with van der Waals surface area (Å²) in [5, 5.41) is 0. The number of amides is 2. The number of carbonyl (C=O) groups is 2. The van der Waals surface area contributed by atoms with Crippen LogP contribution in [0.15, 0.2) is 24.3 Å². The summed E-state index contributed by atoms with van der Waals surface area (Å²) < 4.78 is 10.9. The van der Waals surface area contributed by atoms with Crippen LogP contribution in [0.25, 0.3) is 0 Å². The molecule has 3 aliphatic rings. The van der Waals surface area contributed by atoms with E-state index >= 15 is 0 Å². The Balaban J connectivity index is 1.49. The number of rotatable bonds is 5. The first-order valence-electron chi connectivity index (χ1n) is 9.88. The highest BCUT2D eigenvalue weighted by Gasteiger charge is 2.48. The van der Waals surface area contributed by atoms with Gasteiger partial charge in [0.05, 0.1) is 25.7 Å². The Labute approximate surface area is 160 Å². The van der Waals surface area contributed by atoms with Crippen molar-refractivity contribution >= 4 is 11.8 Å². The highest BCUT2D eigenvalue weighted by molar-refractivity contribution is 5.82. The lowest BCUT2D eigenvalue weighted by atomic mass is 9.94. The predicted octanol–water partition coefficient (Wildman–Crippen LogP) is 1.87. The number of carbonyl (C=O) groups excluding carboxylic acids is 2. The van der Waals surface area contributed by atoms with Crippen LogP contribution in [0.1, 0.15) is 31.2 Å². The second-order valence-corrected chi connectivity index (χ2v) is 8.06. The molecule has 146 valence electrons. The SMILES string of the molecule is COc1ccc(CC(=O)N2CCC(=O)N(CC3CC3)C3(CCOC3)C2)cc1. The topological polar surface area (TPSA) is 59.1 Å². The average Bonchev–Trinajstić information content (AvgIpc) is 3.41. The van der Waals surface area contributed by atoms with Crippen molar-refractivity contribution in [2.75, 3.05) is 40.0 Å². The Morgan fingerprint density at radius 3 is 2.70 bits per heavy atom. The van der Waals surface area contributed by atoms with Crippen LogP contribution in [0.3, 0.4) is 0 Å². The molecule has 0 bridgehead atoms. The van der Waals surface area contributed by atoms with E-state index in [0.29, 0.717) is 45.1 Å². The van der Waals surface area contributed by atoms with E-state index < -0.39 is 0 Å². The van der Waals surface area contributed by atoms with Gasteiger partial charge in [0, 0.05) is 32.7 Å². The van der Waals surface area contributed by atoms with E-state index in [9.17, 15) is 9.59 Å². The van der Waals surface area contributed by atoms with Gasteiger partial charge >= 0.3 is 0 Å². The fourth-order valence-corrected chi connectivity index (χ4v) is 4.18. The highest BCUT2D eigenvalue weighted by atomic mass is 16.5. The number of ether oxygens (including phenoxy) is 2. The van der Waals surface area contributed by atoms with E-state index in [4.69, 9.17) is 9.47 Å². The Morgan fingerprint density at radius 2 is 2.07 bits per heavy atom. The molecule has 0 N–H and O–H groups in total. The minimum atomic E-state index is -0.342. The fourth-order valence-electron chi connectivity index (χ4n) is 4.18. The van der Waals surface area contributed by atoms with E-state index in [-0.39, 0.29) is 17.4 Å². The third kappa shape index (κ3) is 3.95. The maximum Gasteiger partial charge on any atom is 0.227 e. The Hall–Kier alpha value is -2.08. The van der Waals surface area contributed by atoms with Crippen molar-refractivity contribution in [2.24, 2.45) is 5.92 Å². The van der Waals surface area contributed by atoms with Crippen LogP contribution in [0, 0.1) is 5.92 Å². The first-order chi connectivity index (χ1) is 13.1. The molecule has 2 saturated heterocycles. The summed E-state index contributed by atoms with van der Waals surface area (Å²) in [6, 6.07) is 7.59. The molecule has 4 rings (SSSR count). The Morgan fingerprint density at radius 1 is 1.30 bits per heavy atom. The Bertz CT molecular complexity index is 693. The summed E-state index contributed by atoms with van der Waals surface area (Å²) in [5.41, 5.74) is 0.620. The van der Waals surface area contributed by atoms with Gasteiger partial charge in [-0.1, -0.05) is 12.1 Å². The van der Waals surface area contributed by atoms with Gasteiger partial charge in [0.25, 0.3) is 0 Å². The molecule has 1 spiro atoms. The van der Waals surface area contributed by atoms with E-state index in [1.165, 1.54) is 12.8 Å². The summed E-state index contributed by atoms with van der Waals surface area (Å²) >= 11 is 0. The van der Waals surface area contributed by atoms with Crippen molar-refractivity contribution < 1.29 is 19.1 Å². The van der Waals surface area contributed by atoms with Gasteiger partial charge in [-0.15, -0.1) is 0 Å². The molecule has 0 radical (unpaired) electrons. The van der Waals surface area contributed by atoms with Crippen molar-refractivity contribution in [3.05, 3.63) is 29.8 Å². The van der Waals surface area contributed by atoms with E-state index in [1.807, 2.05) is 29.2 Å². The molecule has 1 atom stereocenters. The first kappa shape index (κ1) is 18.3. The molecule has 2 heterocycles. The molecule has 2 amide bonds. The van der Waals surface area contributed by atoms with Gasteiger partial charge in [0.2, 0.25) is 11.8 Å². The second kappa shape index (κ2) is 7.50. The molecule has 2 aliphatic heterocycles. The van der Waals surface area contributed by atoms with Crippen molar-refractivity contribution in [2.45, 2.75) is 37.6 Å². The first-order valence-corrected chi connectivity index (χ1v) is 9.88. The predicted molar refractivity (Wildman–Crippen MR) is 100 cm³/mol. The molecule has 3 fully saturated rings. The number of methoxy groups -OCH3 is 1. The number of hydrogen-bond donors (Lipinski definition) is 0.